The lowest BCUT2D eigenvalue weighted by atomic mass is 9.97. The summed E-state index contributed by atoms with van der Waals surface area (Å²) in [5.41, 5.74) is 3.02. The Morgan fingerprint density at radius 2 is 1.85 bits per heavy atom. The van der Waals surface area contributed by atoms with Crippen molar-refractivity contribution in [2.75, 3.05) is 31.2 Å². The van der Waals surface area contributed by atoms with Crippen LogP contribution in [0.15, 0.2) is 16.7 Å². The third-order valence-electron chi connectivity index (χ3n) is 6.89. The number of nitrogens with one attached hydrogen (secondary N) is 1. The summed E-state index contributed by atoms with van der Waals surface area (Å²) in [5, 5.41) is 18.3. The largest absolute Gasteiger partial charge is 0.381 e. The van der Waals surface area contributed by atoms with E-state index in [1.54, 1.807) is 19.1 Å². The van der Waals surface area contributed by atoms with Crippen molar-refractivity contribution in [2.45, 2.75) is 58.3 Å². The van der Waals surface area contributed by atoms with E-state index in [2.05, 4.69) is 26.4 Å². The number of piperidine rings is 1. The quantitative estimate of drug-likeness (QED) is 0.605. The number of nitrogens with zero attached hydrogens (tertiary/aromatic N) is 5. The maximum absolute atomic E-state index is 13.5. The number of aromatic nitrogens is 3. The molecule has 5 rings (SSSR count). The Hall–Kier alpha value is -3.09. The predicted molar refractivity (Wildman–Crippen MR) is 126 cm³/mol. The number of halogens is 1. The van der Waals surface area contributed by atoms with Crippen LogP contribution in [0.4, 0.5) is 10.2 Å². The van der Waals surface area contributed by atoms with E-state index in [0.29, 0.717) is 40.4 Å². The molecule has 1 aromatic carbocycles. The Labute approximate surface area is 198 Å². The van der Waals surface area contributed by atoms with Crippen molar-refractivity contribution in [3.05, 3.63) is 34.6 Å². The minimum absolute atomic E-state index is 0.374. The third kappa shape index (κ3) is 4.36. The van der Waals surface area contributed by atoms with E-state index in [0.717, 1.165) is 74.3 Å². The lowest BCUT2D eigenvalue weighted by molar-refractivity contribution is 0.0738. The van der Waals surface area contributed by atoms with Crippen LogP contribution in [0.3, 0.4) is 0 Å². The zero-order chi connectivity index (χ0) is 23.7. The Kier molecular flexibility index (Phi) is 6.44. The van der Waals surface area contributed by atoms with Gasteiger partial charge in [-0.1, -0.05) is 5.16 Å². The number of pyridine rings is 1. The number of rotatable bonds is 5. The van der Waals surface area contributed by atoms with Gasteiger partial charge in [0.25, 0.3) is 5.89 Å². The summed E-state index contributed by atoms with van der Waals surface area (Å²) in [6.45, 7) is 6.38. The first-order valence-corrected chi connectivity index (χ1v) is 11.9. The van der Waals surface area contributed by atoms with E-state index in [1.165, 1.54) is 0 Å². The van der Waals surface area contributed by atoms with E-state index < -0.39 is 6.67 Å². The summed E-state index contributed by atoms with van der Waals surface area (Å²) < 4.78 is 24.5. The highest BCUT2D eigenvalue weighted by molar-refractivity contribution is 5.95. The highest BCUT2D eigenvalue weighted by Gasteiger charge is 2.28. The van der Waals surface area contributed by atoms with Gasteiger partial charge in [0.15, 0.2) is 5.82 Å². The van der Waals surface area contributed by atoms with Gasteiger partial charge in [0.1, 0.15) is 18.6 Å². The molecule has 1 N–H and O–H groups in total. The van der Waals surface area contributed by atoms with Crippen molar-refractivity contribution in [3.8, 4) is 17.5 Å². The topological polar surface area (TPSA) is 100 Å². The zero-order valence-electron chi connectivity index (χ0n) is 19.6. The van der Waals surface area contributed by atoms with Crippen molar-refractivity contribution in [1.29, 1.82) is 5.26 Å². The SMILES string of the molecule is Cc1noc(-c2c(N3CCC(NC4CCOCC4)CC3)nc3c(C#N)cc(CF)cc3c2C)n1. The number of fused-ring (bicyclic) bond motifs is 1. The van der Waals surface area contributed by atoms with Crippen LogP contribution >= 0.6 is 0 Å². The molecule has 34 heavy (non-hydrogen) atoms. The van der Waals surface area contributed by atoms with Gasteiger partial charge in [-0.2, -0.15) is 10.2 Å². The van der Waals surface area contributed by atoms with E-state index in [-0.39, 0.29) is 0 Å². The monoisotopic (exact) mass is 464 g/mol. The molecule has 2 aliphatic rings. The zero-order valence-corrected chi connectivity index (χ0v) is 19.6. The summed E-state index contributed by atoms with van der Waals surface area (Å²) in [6, 6.07) is 6.52. The smallest absolute Gasteiger partial charge is 0.261 e. The number of benzene rings is 1. The summed E-state index contributed by atoms with van der Waals surface area (Å²) in [6.07, 6.45) is 4.10. The molecular formula is C25H29FN6O2. The number of hydrogen-bond acceptors (Lipinski definition) is 8. The fourth-order valence-corrected chi connectivity index (χ4v) is 5.07. The van der Waals surface area contributed by atoms with Crippen LogP contribution in [-0.4, -0.2) is 53.5 Å². The van der Waals surface area contributed by atoms with Crippen molar-refractivity contribution in [2.24, 2.45) is 0 Å². The number of nitriles is 1. The highest BCUT2D eigenvalue weighted by atomic mass is 19.1. The van der Waals surface area contributed by atoms with Crippen LogP contribution in [0.2, 0.25) is 0 Å². The molecule has 3 aromatic rings. The van der Waals surface area contributed by atoms with Crippen molar-refractivity contribution >= 4 is 16.7 Å². The number of hydrogen-bond donors (Lipinski definition) is 1. The third-order valence-corrected chi connectivity index (χ3v) is 6.89. The first kappa shape index (κ1) is 22.7. The summed E-state index contributed by atoms with van der Waals surface area (Å²) in [5.74, 6) is 1.67. The average Bonchev–Trinajstić information content (AvgIpc) is 3.30. The molecule has 2 saturated heterocycles. The Balaban J connectivity index is 1.51. The standard InChI is InChI=1S/C25H29FN6O2/c1-15-21-12-17(13-26)11-18(14-27)23(21)30-24(22(15)25-28-16(2)31-34-25)32-7-3-19(4-8-32)29-20-5-9-33-10-6-20/h11-12,19-20,29H,3-10,13H2,1-2H3. The van der Waals surface area contributed by atoms with E-state index in [4.69, 9.17) is 14.2 Å². The Morgan fingerprint density at radius 1 is 1.12 bits per heavy atom. The molecular weight excluding hydrogens is 435 g/mol. The maximum Gasteiger partial charge on any atom is 0.261 e. The molecule has 4 heterocycles. The highest BCUT2D eigenvalue weighted by Crippen LogP contribution is 2.38. The van der Waals surface area contributed by atoms with Crippen molar-refractivity contribution in [3.63, 3.8) is 0 Å². The molecule has 178 valence electrons. The average molecular weight is 465 g/mol. The summed E-state index contributed by atoms with van der Waals surface area (Å²) in [4.78, 5) is 11.7. The lowest BCUT2D eigenvalue weighted by Crippen LogP contribution is -2.48. The van der Waals surface area contributed by atoms with Gasteiger partial charge in [0.2, 0.25) is 0 Å². The Bertz CT molecular complexity index is 1220. The van der Waals surface area contributed by atoms with E-state index >= 15 is 0 Å². The van der Waals surface area contributed by atoms with Gasteiger partial charge in [-0.05, 0) is 62.8 Å². The molecule has 0 atom stereocenters. The second-order valence-corrected chi connectivity index (χ2v) is 9.18. The van der Waals surface area contributed by atoms with Gasteiger partial charge in [-0.15, -0.1) is 0 Å². The minimum Gasteiger partial charge on any atom is -0.381 e. The fourth-order valence-electron chi connectivity index (χ4n) is 5.07. The number of anilines is 1. The van der Waals surface area contributed by atoms with Crippen molar-refractivity contribution < 1.29 is 13.7 Å². The molecule has 0 bridgehead atoms. The molecule has 9 heteroatoms. The molecule has 0 unspecified atom stereocenters. The molecule has 0 radical (unpaired) electrons. The van der Waals surface area contributed by atoms with E-state index in [9.17, 15) is 9.65 Å². The first-order chi connectivity index (χ1) is 16.6. The molecule has 0 saturated carbocycles. The summed E-state index contributed by atoms with van der Waals surface area (Å²) >= 11 is 0. The first-order valence-electron chi connectivity index (χ1n) is 11.9. The van der Waals surface area contributed by atoms with Crippen LogP contribution in [0, 0.1) is 25.2 Å². The van der Waals surface area contributed by atoms with Gasteiger partial charge in [-0.3, -0.25) is 0 Å². The van der Waals surface area contributed by atoms with Gasteiger partial charge in [0, 0.05) is 43.8 Å². The fraction of sp³-hybridized carbons (Fsp3) is 0.520. The van der Waals surface area contributed by atoms with Crippen LogP contribution in [0.25, 0.3) is 22.4 Å². The van der Waals surface area contributed by atoms with Crippen molar-refractivity contribution in [1.82, 2.24) is 20.4 Å². The second kappa shape index (κ2) is 9.65. The Morgan fingerprint density at radius 3 is 2.50 bits per heavy atom. The maximum atomic E-state index is 13.5. The number of aryl methyl sites for hydroxylation is 2. The van der Waals surface area contributed by atoms with Crippen LogP contribution in [0.1, 0.15) is 48.2 Å². The number of ether oxygens (including phenoxy) is 1. The van der Waals surface area contributed by atoms with Crippen LogP contribution in [0.5, 0.6) is 0 Å². The number of alkyl halides is 1. The van der Waals surface area contributed by atoms with Gasteiger partial charge in [-0.25, -0.2) is 9.37 Å². The van der Waals surface area contributed by atoms with Crippen LogP contribution in [-0.2, 0) is 11.4 Å². The van der Waals surface area contributed by atoms with Gasteiger partial charge >= 0.3 is 0 Å². The van der Waals surface area contributed by atoms with Gasteiger partial charge < -0.3 is 19.5 Å². The summed E-state index contributed by atoms with van der Waals surface area (Å²) in [7, 11) is 0. The molecule has 8 nitrogen and oxygen atoms in total. The predicted octanol–water partition coefficient (Wildman–Crippen LogP) is 3.98. The normalized spacial score (nSPS) is 17.9. The van der Waals surface area contributed by atoms with E-state index in [1.807, 2.05) is 6.92 Å². The van der Waals surface area contributed by atoms with Crippen LogP contribution < -0.4 is 10.2 Å². The molecule has 0 spiro atoms. The minimum atomic E-state index is -0.644. The molecule has 2 aliphatic heterocycles. The second-order valence-electron chi connectivity index (χ2n) is 9.18. The molecule has 2 fully saturated rings. The van der Waals surface area contributed by atoms with Gasteiger partial charge in [0.05, 0.1) is 16.6 Å². The molecule has 0 amide bonds. The lowest BCUT2D eigenvalue weighted by Gasteiger charge is -2.37. The molecule has 2 aromatic heterocycles. The molecule has 0 aliphatic carbocycles.